The van der Waals surface area contributed by atoms with Crippen LogP contribution < -0.4 is 9.86 Å². The number of benzene rings is 2. The lowest BCUT2D eigenvalue weighted by Crippen LogP contribution is -2.39. The highest BCUT2D eigenvalue weighted by Crippen LogP contribution is 2.27. The van der Waals surface area contributed by atoms with Gasteiger partial charge in [0, 0.05) is 19.3 Å². The van der Waals surface area contributed by atoms with Gasteiger partial charge in [0.1, 0.15) is 4.90 Å². The first-order chi connectivity index (χ1) is 15.8. The first-order valence-electron chi connectivity index (χ1n) is 10.7. The smallest absolute Gasteiger partial charge is 0.239 e. The molecule has 3 N–H and O–H groups in total. The highest BCUT2D eigenvalue weighted by Gasteiger charge is 2.26. The fraction of sp³-hybridized carbons (Fsp3) is 0.409. The minimum absolute atomic E-state index is 0.00541. The molecule has 12 heteroatoms. The zero-order valence-corrected chi connectivity index (χ0v) is 21.5. The molecule has 1 aliphatic rings. The molecule has 2 aromatic rings. The third-order valence-electron chi connectivity index (χ3n) is 5.72. The van der Waals surface area contributed by atoms with Gasteiger partial charge in [-0.1, -0.05) is 29.8 Å². The Morgan fingerprint density at radius 2 is 1.82 bits per heavy atom. The van der Waals surface area contributed by atoms with E-state index in [0.29, 0.717) is 17.8 Å². The predicted molar refractivity (Wildman–Crippen MR) is 133 cm³/mol. The van der Waals surface area contributed by atoms with E-state index in [-0.39, 0.29) is 28.3 Å². The third-order valence-corrected chi connectivity index (χ3v) is 7.72. The van der Waals surface area contributed by atoms with Crippen molar-refractivity contribution in [3.8, 4) is 0 Å². The second-order valence-corrected chi connectivity index (χ2v) is 12.2. The summed E-state index contributed by atoms with van der Waals surface area (Å²) in [6, 6.07) is 11.0. The maximum absolute atomic E-state index is 13.2. The Bertz CT molecular complexity index is 1260. The van der Waals surface area contributed by atoms with Gasteiger partial charge in [0.15, 0.2) is 0 Å². The van der Waals surface area contributed by atoms with Crippen molar-refractivity contribution in [2.24, 2.45) is 5.14 Å². The summed E-state index contributed by atoms with van der Waals surface area (Å²) in [6.45, 7) is 2.44. The van der Waals surface area contributed by atoms with Crippen molar-refractivity contribution in [2.45, 2.75) is 30.2 Å². The van der Waals surface area contributed by atoms with Gasteiger partial charge in [-0.15, -0.1) is 0 Å². The predicted octanol–water partition coefficient (Wildman–Crippen LogP) is 2.20. The van der Waals surface area contributed by atoms with E-state index >= 15 is 0 Å². The van der Waals surface area contributed by atoms with Gasteiger partial charge in [0.2, 0.25) is 26.0 Å². The Morgan fingerprint density at radius 3 is 2.44 bits per heavy atom. The Kier molecular flexibility index (Phi) is 8.25. The Hall–Kier alpha value is -2.18. The topological polar surface area (TPSA) is 130 Å². The van der Waals surface area contributed by atoms with E-state index in [4.69, 9.17) is 16.7 Å². The molecule has 0 unspecified atom stereocenters. The monoisotopic (exact) mass is 528 g/mol. The number of nitrogens with zero attached hydrogens (tertiary/aromatic N) is 2. The molecule has 186 valence electrons. The van der Waals surface area contributed by atoms with Crippen molar-refractivity contribution in [3.05, 3.63) is 58.6 Å². The van der Waals surface area contributed by atoms with Crippen LogP contribution in [0.4, 0.5) is 5.69 Å². The van der Waals surface area contributed by atoms with Crippen LogP contribution in [-0.2, 0) is 31.3 Å². The van der Waals surface area contributed by atoms with E-state index in [1.165, 1.54) is 12.1 Å². The van der Waals surface area contributed by atoms with Gasteiger partial charge >= 0.3 is 0 Å². The molecule has 1 aliphatic heterocycles. The van der Waals surface area contributed by atoms with E-state index in [1.807, 2.05) is 6.07 Å². The second kappa shape index (κ2) is 10.6. The quantitative estimate of drug-likeness (QED) is 0.513. The van der Waals surface area contributed by atoms with Crippen LogP contribution in [0.25, 0.3) is 0 Å². The van der Waals surface area contributed by atoms with Crippen molar-refractivity contribution in [1.82, 2.24) is 9.80 Å². The van der Waals surface area contributed by atoms with Crippen LogP contribution in [0.2, 0.25) is 5.02 Å². The summed E-state index contributed by atoms with van der Waals surface area (Å²) < 4.78 is 49.4. The van der Waals surface area contributed by atoms with E-state index in [2.05, 4.69) is 9.62 Å². The average molecular weight is 529 g/mol. The molecule has 0 spiro atoms. The molecule has 1 amide bonds. The van der Waals surface area contributed by atoms with E-state index in [9.17, 15) is 21.6 Å². The summed E-state index contributed by atoms with van der Waals surface area (Å²) in [6.07, 6.45) is 3.20. The third kappa shape index (κ3) is 7.16. The van der Waals surface area contributed by atoms with Gasteiger partial charge in [-0.05, 0) is 61.3 Å². The van der Waals surface area contributed by atoms with E-state index in [1.54, 1.807) is 36.2 Å². The normalized spacial score (nSPS) is 15.8. The molecule has 1 atom stereocenters. The molecule has 1 heterocycles. The zero-order chi connectivity index (χ0) is 25.1. The van der Waals surface area contributed by atoms with E-state index in [0.717, 1.165) is 37.8 Å². The number of sulfonamides is 2. The van der Waals surface area contributed by atoms with Gasteiger partial charge < -0.3 is 9.80 Å². The van der Waals surface area contributed by atoms with Gasteiger partial charge in [0.25, 0.3) is 0 Å². The average Bonchev–Trinajstić information content (AvgIpc) is 3.24. The molecule has 2 aromatic carbocycles. The SMILES string of the molecule is CN(C(=O)Cc1ccc(Cl)c(S(N)(=O)=O)c1)[C@H](CN1CCCC1)c1cccc(NS(C)(=O)=O)c1. The Morgan fingerprint density at radius 1 is 1.15 bits per heavy atom. The molecule has 0 aliphatic carbocycles. The number of primary sulfonamides is 1. The molecule has 34 heavy (non-hydrogen) atoms. The Labute approximate surface area is 206 Å². The highest BCUT2D eigenvalue weighted by atomic mass is 35.5. The number of halogens is 1. The van der Waals surface area contributed by atoms with Crippen LogP contribution in [0.15, 0.2) is 47.4 Å². The van der Waals surface area contributed by atoms with Crippen molar-refractivity contribution in [2.75, 3.05) is 37.7 Å². The number of nitrogens with one attached hydrogen (secondary N) is 1. The van der Waals surface area contributed by atoms with Gasteiger partial charge in [0.05, 0.1) is 23.7 Å². The number of amides is 1. The molecule has 9 nitrogen and oxygen atoms in total. The minimum Gasteiger partial charge on any atom is -0.337 e. The van der Waals surface area contributed by atoms with Crippen LogP contribution in [0.1, 0.15) is 30.0 Å². The van der Waals surface area contributed by atoms with Crippen molar-refractivity contribution < 1.29 is 21.6 Å². The number of carbonyl (C=O) groups is 1. The molecule has 1 saturated heterocycles. The molecular weight excluding hydrogens is 500 g/mol. The lowest BCUT2D eigenvalue weighted by molar-refractivity contribution is -0.131. The van der Waals surface area contributed by atoms with Gasteiger partial charge in [-0.25, -0.2) is 22.0 Å². The molecule has 1 fully saturated rings. The summed E-state index contributed by atoms with van der Waals surface area (Å²) in [5, 5.41) is 5.22. The molecule has 0 bridgehead atoms. The number of hydrogen-bond acceptors (Lipinski definition) is 6. The number of likely N-dealkylation sites (N-methyl/N-ethyl adjacent to an activating group) is 1. The van der Waals surface area contributed by atoms with Crippen LogP contribution in [0, 0.1) is 0 Å². The lowest BCUT2D eigenvalue weighted by atomic mass is 10.0. The number of carbonyl (C=O) groups excluding carboxylic acids is 1. The van der Waals surface area contributed by atoms with E-state index < -0.39 is 20.0 Å². The number of rotatable bonds is 9. The fourth-order valence-electron chi connectivity index (χ4n) is 4.03. The van der Waals surface area contributed by atoms with Crippen LogP contribution in [0.5, 0.6) is 0 Å². The van der Waals surface area contributed by atoms with Crippen molar-refractivity contribution >= 4 is 43.2 Å². The maximum atomic E-state index is 13.2. The van der Waals surface area contributed by atoms with Crippen molar-refractivity contribution in [1.29, 1.82) is 0 Å². The molecular formula is C22H29ClN4O5S2. The lowest BCUT2D eigenvalue weighted by Gasteiger charge is -2.32. The summed E-state index contributed by atoms with van der Waals surface area (Å²) >= 11 is 5.96. The highest BCUT2D eigenvalue weighted by molar-refractivity contribution is 7.92. The van der Waals surface area contributed by atoms with Gasteiger partial charge in [-0.3, -0.25) is 9.52 Å². The Balaban J connectivity index is 1.88. The molecule has 0 saturated carbocycles. The minimum atomic E-state index is -4.03. The molecule has 0 radical (unpaired) electrons. The number of hydrogen-bond donors (Lipinski definition) is 2. The molecule has 3 rings (SSSR count). The van der Waals surface area contributed by atoms with Crippen LogP contribution in [-0.4, -0.2) is 65.5 Å². The standard InChI is InChI=1S/C22H29ClN4O5S2/c1-26(22(28)13-16-8-9-19(23)21(12-16)34(24,31)32)20(15-27-10-3-4-11-27)17-6-5-7-18(14-17)25-33(2,29)30/h5-9,12,14,20,25H,3-4,10-11,13,15H2,1-2H3,(H2,24,31,32)/t20-/m1/s1. The van der Waals surface area contributed by atoms with Crippen LogP contribution >= 0.6 is 11.6 Å². The second-order valence-electron chi connectivity index (χ2n) is 8.51. The summed E-state index contributed by atoms with van der Waals surface area (Å²) in [5.41, 5.74) is 1.68. The number of anilines is 1. The number of nitrogens with two attached hydrogens (primary N) is 1. The largest absolute Gasteiger partial charge is 0.337 e. The molecule has 0 aromatic heterocycles. The van der Waals surface area contributed by atoms with Crippen LogP contribution in [0.3, 0.4) is 0 Å². The zero-order valence-electron chi connectivity index (χ0n) is 19.1. The number of likely N-dealkylation sites (tertiary alicyclic amines) is 1. The van der Waals surface area contributed by atoms with Crippen molar-refractivity contribution in [3.63, 3.8) is 0 Å². The first kappa shape index (κ1) is 26.4. The summed E-state index contributed by atoms with van der Waals surface area (Å²) in [7, 11) is -5.79. The maximum Gasteiger partial charge on any atom is 0.239 e. The van der Waals surface area contributed by atoms with Gasteiger partial charge in [-0.2, -0.15) is 0 Å². The first-order valence-corrected chi connectivity index (χ1v) is 14.5. The summed E-state index contributed by atoms with van der Waals surface area (Å²) in [5.74, 6) is -0.228. The fourth-order valence-corrected chi connectivity index (χ4v) is 5.68. The summed E-state index contributed by atoms with van der Waals surface area (Å²) in [4.78, 5) is 16.9.